The van der Waals surface area contributed by atoms with Crippen molar-refractivity contribution < 1.29 is 4.42 Å². The minimum Gasteiger partial charge on any atom is -0.454 e. The largest absolute Gasteiger partial charge is 0.454 e. The number of anilines is 6. The second kappa shape index (κ2) is 17.2. The molecule has 2 heterocycles. The van der Waals surface area contributed by atoms with Gasteiger partial charge in [0.05, 0.1) is 28.4 Å². The second-order valence-electron chi connectivity index (χ2n) is 19.3. The number of aromatic nitrogens is 1. The Morgan fingerprint density at radius 2 is 1.04 bits per heavy atom. The minimum atomic E-state index is -0.330. The van der Waals surface area contributed by atoms with Crippen molar-refractivity contribution in [2.24, 2.45) is 0 Å². The van der Waals surface area contributed by atoms with Gasteiger partial charge >= 0.3 is 0 Å². The van der Waals surface area contributed by atoms with Crippen LogP contribution in [0, 0.1) is 11.3 Å². The topological polar surface area (TPSA) is 48.3 Å². The second-order valence-corrected chi connectivity index (χ2v) is 19.3. The molecule has 1 aliphatic carbocycles. The first kappa shape index (κ1) is 42.9. The fraction of sp³-hybridized carbons (Fsp3) is 0.0290. The Bertz CT molecular complexity index is 4340. The number of nitrogens with zero attached hydrogens (tertiary/aromatic N) is 4. The van der Waals surface area contributed by atoms with Gasteiger partial charge in [-0.25, -0.2) is 0 Å². The standard InChI is InChI=1S/C69H46N4O/c1-69(48-21-6-2-7-22-48)61-33-16-14-31-57(61)67-55(32-19-34-62(67)69)47-36-39-66-59(41-47)60-43-54(71(49-23-8-3-9-24-49)52-29-18-20-46(40-52)45-70)44-65(68(60)74-66)72(50-25-10-4-11-26-50)53-37-38-64-58(42-53)56-30-15-17-35-63(56)73(64)51-27-12-5-13-28-51/h2-44H,1H3. The Hall–Kier alpha value is -9.89. The van der Waals surface area contributed by atoms with Gasteiger partial charge in [-0.3, -0.25) is 0 Å². The van der Waals surface area contributed by atoms with Crippen molar-refractivity contribution in [1.82, 2.24) is 4.57 Å². The van der Waals surface area contributed by atoms with Crippen molar-refractivity contribution in [3.05, 3.63) is 283 Å². The molecule has 0 radical (unpaired) electrons. The highest BCUT2D eigenvalue weighted by Crippen LogP contribution is 2.56. The molecule has 1 atom stereocenters. The number of hydrogen-bond acceptors (Lipinski definition) is 4. The predicted octanol–water partition coefficient (Wildman–Crippen LogP) is 18.5. The van der Waals surface area contributed by atoms with Crippen LogP contribution in [0.2, 0.25) is 0 Å². The SMILES string of the molecule is CC1(c2ccccc2)c2ccccc2-c2c(-c3ccc4oc5c(N(c6ccccc6)c6ccc7c(c6)c6ccccc6n7-c6ccccc6)cc(N(c6ccccc6)c6cccc(C#N)c6)cc5c4c3)cccc21. The lowest BCUT2D eigenvalue weighted by molar-refractivity contribution is 0.669. The Morgan fingerprint density at radius 3 is 1.82 bits per heavy atom. The van der Waals surface area contributed by atoms with E-state index in [0.29, 0.717) is 5.56 Å². The first-order chi connectivity index (χ1) is 36.5. The Kier molecular flexibility index (Phi) is 9.96. The number of benzene rings is 11. The molecule has 0 saturated heterocycles. The van der Waals surface area contributed by atoms with E-state index in [1.807, 2.05) is 24.3 Å². The molecule has 5 nitrogen and oxygen atoms in total. The Labute approximate surface area is 429 Å². The molecule has 13 aromatic rings. The van der Waals surface area contributed by atoms with E-state index in [0.717, 1.165) is 83.7 Å². The maximum atomic E-state index is 10.2. The van der Waals surface area contributed by atoms with Crippen LogP contribution in [0.15, 0.2) is 265 Å². The fourth-order valence-electron chi connectivity index (χ4n) is 11.9. The van der Waals surface area contributed by atoms with Crippen molar-refractivity contribution in [2.75, 3.05) is 9.80 Å². The van der Waals surface area contributed by atoms with Gasteiger partial charge < -0.3 is 18.8 Å². The van der Waals surface area contributed by atoms with Gasteiger partial charge in [-0.2, -0.15) is 5.26 Å². The number of hydrogen-bond donors (Lipinski definition) is 0. The monoisotopic (exact) mass is 946 g/mol. The molecule has 74 heavy (non-hydrogen) atoms. The number of rotatable bonds is 9. The summed E-state index contributed by atoms with van der Waals surface area (Å²) in [5.41, 5.74) is 19.4. The quantitative estimate of drug-likeness (QED) is 0.145. The van der Waals surface area contributed by atoms with Crippen molar-refractivity contribution in [2.45, 2.75) is 12.3 Å². The number of fused-ring (bicyclic) bond motifs is 9. The molecular weight excluding hydrogens is 901 g/mol. The van der Waals surface area contributed by atoms with Gasteiger partial charge in [-0.05, 0) is 149 Å². The normalized spacial score (nSPS) is 13.8. The third-order valence-electron chi connectivity index (χ3n) is 15.2. The summed E-state index contributed by atoms with van der Waals surface area (Å²) in [6.45, 7) is 2.37. The number of nitriles is 1. The summed E-state index contributed by atoms with van der Waals surface area (Å²) in [5, 5.41) is 14.5. The zero-order chi connectivity index (χ0) is 49.3. The van der Waals surface area contributed by atoms with Crippen LogP contribution in [-0.2, 0) is 5.41 Å². The zero-order valence-corrected chi connectivity index (χ0v) is 40.5. The summed E-state index contributed by atoms with van der Waals surface area (Å²) >= 11 is 0. The van der Waals surface area contributed by atoms with E-state index in [4.69, 9.17) is 4.42 Å². The van der Waals surface area contributed by atoms with E-state index >= 15 is 0 Å². The lowest BCUT2D eigenvalue weighted by atomic mass is 9.74. The highest BCUT2D eigenvalue weighted by atomic mass is 16.3. The van der Waals surface area contributed by atoms with Crippen LogP contribution in [0.3, 0.4) is 0 Å². The van der Waals surface area contributed by atoms with Crippen LogP contribution < -0.4 is 9.80 Å². The summed E-state index contributed by atoms with van der Waals surface area (Å²) in [4.78, 5) is 4.58. The van der Waals surface area contributed by atoms with Crippen LogP contribution >= 0.6 is 0 Å². The molecule has 11 aromatic carbocycles. The summed E-state index contributed by atoms with van der Waals surface area (Å²) in [7, 11) is 0. The van der Waals surface area contributed by atoms with Crippen LogP contribution in [-0.4, -0.2) is 4.57 Å². The van der Waals surface area contributed by atoms with Gasteiger partial charge in [0, 0.05) is 61.1 Å². The maximum Gasteiger partial charge on any atom is 0.159 e. The van der Waals surface area contributed by atoms with Crippen molar-refractivity contribution in [3.63, 3.8) is 0 Å². The predicted molar refractivity (Wildman–Crippen MR) is 305 cm³/mol. The Morgan fingerprint density at radius 1 is 0.432 bits per heavy atom. The molecule has 5 heteroatoms. The number of para-hydroxylation sites is 4. The molecular formula is C69H46N4O. The van der Waals surface area contributed by atoms with Crippen molar-refractivity contribution in [1.29, 1.82) is 5.26 Å². The third kappa shape index (κ3) is 6.70. The molecule has 0 aliphatic heterocycles. The van der Waals surface area contributed by atoms with E-state index < -0.39 is 0 Å². The fourth-order valence-corrected chi connectivity index (χ4v) is 11.9. The molecule has 1 unspecified atom stereocenters. The highest BCUT2D eigenvalue weighted by Gasteiger charge is 2.41. The van der Waals surface area contributed by atoms with Crippen LogP contribution in [0.4, 0.5) is 34.1 Å². The summed E-state index contributed by atoms with van der Waals surface area (Å²) in [6.07, 6.45) is 0. The van der Waals surface area contributed by atoms with Gasteiger partial charge in [-0.1, -0.05) is 158 Å². The third-order valence-corrected chi connectivity index (χ3v) is 15.2. The van der Waals surface area contributed by atoms with E-state index in [9.17, 15) is 5.26 Å². The van der Waals surface area contributed by atoms with E-state index in [1.165, 1.54) is 38.8 Å². The van der Waals surface area contributed by atoms with Crippen LogP contribution in [0.25, 0.3) is 71.7 Å². The van der Waals surface area contributed by atoms with Gasteiger partial charge in [0.25, 0.3) is 0 Å². The summed E-state index contributed by atoms with van der Waals surface area (Å²) in [5.74, 6) is 0. The van der Waals surface area contributed by atoms with E-state index in [1.54, 1.807) is 0 Å². The summed E-state index contributed by atoms with van der Waals surface area (Å²) < 4.78 is 9.59. The molecule has 0 bridgehead atoms. The van der Waals surface area contributed by atoms with Gasteiger partial charge in [0.1, 0.15) is 5.58 Å². The summed E-state index contributed by atoms with van der Waals surface area (Å²) in [6, 6.07) is 95.1. The van der Waals surface area contributed by atoms with Crippen LogP contribution in [0.5, 0.6) is 0 Å². The molecule has 0 saturated carbocycles. The van der Waals surface area contributed by atoms with Crippen molar-refractivity contribution >= 4 is 77.9 Å². The van der Waals surface area contributed by atoms with E-state index in [2.05, 4.69) is 264 Å². The van der Waals surface area contributed by atoms with Gasteiger partial charge in [0.15, 0.2) is 5.58 Å². The first-order valence-corrected chi connectivity index (χ1v) is 25.1. The smallest absolute Gasteiger partial charge is 0.159 e. The average molecular weight is 947 g/mol. The lowest BCUT2D eigenvalue weighted by Gasteiger charge is -2.29. The lowest BCUT2D eigenvalue weighted by Crippen LogP contribution is -2.22. The molecule has 0 fully saturated rings. The molecule has 0 spiro atoms. The average Bonchev–Trinajstić information content (AvgIpc) is 4.12. The first-order valence-electron chi connectivity index (χ1n) is 25.1. The van der Waals surface area contributed by atoms with Gasteiger partial charge in [-0.15, -0.1) is 0 Å². The minimum absolute atomic E-state index is 0.330. The molecule has 0 N–H and O–H groups in total. The van der Waals surface area contributed by atoms with E-state index in [-0.39, 0.29) is 5.41 Å². The molecule has 1 aliphatic rings. The maximum absolute atomic E-state index is 10.2. The Balaban J connectivity index is 1.04. The molecule has 2 aromatic heterocycles. The molecule has 0 amide bonds. The molecule has 14 rings (SSSR count). The molecule has 348 valence electrons. The number of furan rings is 1. The van der Waals surface area contributed by atoms with Crippen molar-refractivity contribution in [3.8, 4) is 34.0 Å². The van der Waals surface area contributed by atoms with Crippen LogP contribution in [0.1, 0.15) is 29.2 Å². The van der Waals surface area contributed by atoms with Gasteiger partial charge in [0.2, 0.25) is 0 Å². The highest BCUT2D eigenvalue weighted by molar-refractivity contribution is 6.15. The zero-order valence-electron chi connectivity index (χ0n) is 40.5.